The molecule has 0 aromatic carbocycles. The lowest BCUT2D eigenvalue weighted by Gasteiger charge is -2.29. The van der Waals surface area contributed by atoms with Crippen LogP contribution in [0.25, 0.3) is 0 Å². The molecule has 0 saturated heterocycles. The largest absolute Gasteiger partial charge is 0.314 e. The minimum Gasteiger partial charge on any atom is -0.314 e. The van der Waals surface area contributed by atoms with Gasteiger partial charge >= 0.3 is 0 Å². The van der Waals surface area contributed by atoms with Gasteiger partial charge in [0.1, 0.15) is 0 Å². The van der Waals surface area contributed by atoms with Gasteiger partial charge in [-0.1, -0.05) is 6.92 Å². The lowest BCUT2D eigenvalue weighted by Crippen LogP contribution is -2.42. The Balaban J connectivity index is 1.83. The fourth-order valence-electron chi connectivity index (χ4n) is 2.44. The van der Waals surface area contributed by atoms with E-state index in [0.717, 1.165) is 38.6 Å². The van der Waals surface area contributed by atoms with Crippen LogP contribution < -0.4 is 10.0 Å². The second-order valence-electron chi connectivity index (χ2n) is 5.04. The number of H-pyrrole nitrogens is 1. The van der Waals surface area contributed by atoms with E-state index in [-0.39, 0.29) is 11.1 Å². The Morgan fingerprint density at radius 1 is 1.32 bits per heavy atom. The second-order valence-corrected chi connectivity index (χ2v) is 6.73. The zero-order chi connectivity index (χ0) is 13.7. The van der Waals surface area contributed by atoms with Crippen LogP contribution in [0.2, 0.25) is 0 Å². The molecule has 0 spiro atoms. The zero-order valence-corrected chi connectivity index (χ0v) is 12.0. The van der Waals surface area contributed by atoms with Crippen molar-refractivity contribution in [3.05, 3.63) is 12.3 Å². The van der Waals surface area contributed by atoms with Crippen LogP contribution in [-0.4, -0.2) is 37.2 Å². The lowest BCUT2D eigenvalue weighted by molar-refractivity contribution is 0.330. The molecular weight excluding hydrogens is 264 g/mol. The molecule has 0 atom stereocenters. The number of aromatic nitrogens is 2. The standard InChI is InChI=1S/C12H22N4O2S/c1-2-8-13-10-3-5-11(6-4-10)16-19(17,18)12-7-9-14-15-12/h7,9-11,13,16H,2-6,8H2,1H3,(H,14,15). The number of sulfonamides is 1. The molecule has 7 heteroatoms. The third-order valence-corrected chi connectivity index (χ3v) is 4.95. The Morgan fingerprint density at radius 2 is 2.00 bits per heavy atom. The summed E-state index contributed by atoms with van der Waals surface area (Å²) in [5.41, 5.74) is 0. The number of nitrogens with zero attached hydrogens (tertiary/aromatic N) is 1. The summed E-state index contributed by atoms with van der Waals surface area (Å²) in [6.07, 6.45) is 6.39. The number of rotatable bonds is 6. The smallest absolute Gasteiger partial charge is 0.257 e. The Labute approximate surface area is 114 Å². The van der Waals surface area contributed by atoms with Gasteiger partial charge < -0.3 is 5.32 Å². The first-order valence-corrected chi connectivity index (χ1v) is 8.35. The first-order chi connectivity index (χ1) is 9.12. The van der Waals surface area contributed by atoms with Gasteiger partial charge in [0.05, 0.1) is 6.20 Å². The molecule has 6 nitrogen and oxygen atoms in total. The zero-order valence-electron chi connectivity index (χ0n) is 11.2. The average molecular weight is 286 g/mol. The van der Waals surface area contributed by atoms with Crippen molar-refractivity contribution in [3.63, 3.8) is 0 Å². The van der Waals surface area contributed by atoms with Crippen molar-refractivity contribution in [2.75, 3.05) is 6.54 Å². The number of aromatic amines is 1. The summed E-state index contributed by atoms with van der Waals surface area (Å²) in [5, 5.41) is 9.79. The molecular formula is C12H22N4O2S. The fraction of sp³-hybridized carbons (Fsp3) is 0.750. The molecule has 0 amide bonds. The molecule has 1 aromatic rings. The number of hydrogen-bond donors (Lipinski definition) is 3. The van der Waals surface area contributed by atoms with Crippen LogP contribution >= 0.6 is 0 Å². The topological polar surface area (TPSA) is 86.9 Å². The Morgan fingerprint density at radius 3 is 2.58 bits per heavy atom. The minimum absolute atomic E-state index is 0.0352. The maximum Gasteiger partial charge on any atom is 0.257 e. The molecule has 3 N–H and O–H groups in total. The first kappa shape index (κ1) is 14.5. The van der Waals surface area contributed by atoms with Crippen LogP contribution in [0.5, 0.6) is 0 Å². The van der Waals surface area contributed by atoms with Gasteiger partial charge in [-0.25, -0.2) is 13.1 Å². The summed E-state index contributed by atoms with van der Waals surface area (Å²) < 4.78 is 26.8. The average Bonchev–Trinajstić information content (AvgIpc) is 2.92. The summed E-state index contributed by atoms with van der Waals surface area (Å²) in [7, 11) is -3.44. The molecule has 2 rings (SSSR count). The normalized spacial score (nSPS) is 24.5. The third-order valence-electron chi connectivity index (χ3n) is 3.50. The molecule has 1 fully saturated rings. The molecule has 1 aromatic heterocycles. The van der Waals surface area contributed by atoms with Crippen LogP contribution in [0, 0.1) is 0 Å². The predicted molar refractivity (Wildman–Crippen MR) is 73.2 cm³/mol. The fourth-order valence-corrected chi connectivity index (χ4v) is 3.65. The summed E-state index contributed by atoms with van der Waals surface area (Å²) in [4.78, 5) is 0. The van der Waals surface area contributed by atoms with Gasteiger partial charge in [0.2, 0.25) is 0 Å². The van der Waals surface area contributed by atoms with E-state index in [1.165, 1.54) is 12.3 Å². The molecule has 0 radical (unpaired) electrons. The van der Waals surface area contributed by atoms with Crippen molar-refractivity contribution in [2.45, 2.75) is 56.1 Å². The summed E-state index contributed by atoms with van der Waals surface area (Å²) in [6, 6.07) is 2.04. The van der Waals surface area contributed by atoms with Crippen LogP contribution in [0.1, 0.15) is 39.0 Å². The number of nitrogens with one attached hydrogen (secondary N) is 3. The van der Waals surface area contributed by atoms with E-state index in [1.54, 1.807) is 0 Å². The van der Waals surface area contributed by atoms with Gasteiger partial charge in [0, 0.05) is 12.1 Å². The van der Waals surface area contributed by atoms with E-state index in [0.29, 0.717) is 6.04 Å². The predicted octanol–water partition coefficient (Wildman–Crippen LogP) is 0.999. The number of hydrogen-bond acceptors (Lipinski definition) is 4. The van der Waals surface area contributed by atoms with Crippen molar-refractivity contribution >= 4 is 10.0 Å². The Bertz CT molecular complexity index is 464. The van der Waals surface area contributed by atoms with E-state index in [9.17, 15) is 8.42 Å². The van der Waals surface area contributed by atoms with Crippen molar-refractivity contribution in [1.82, 2.24) is 20.2 Å². The highest BCUT2D eigenvalue weighted by Crippen LogP contribution is 2.20. The Hall–Kier alpha value is -0.920. The molecule has 1 saturated carbocycles. The highest BCUT2D eigenvalue weighted by atomic mass is 32.2. The lowest BCUT2D eigenvalue weighted by atomic mass is 9.92. The van der Waals surface area contributed by atoms with E-state index in [4.69, 9.17) is 0 Å². The SMILES string of the molecule is CCCNC1CCC(NS(=O)(=O)c2ccn[nH]2)CC1. The van der Waals surface area contributed by atoms with Crippen molar-refractivity contribution in [1.29, 1.82) is 0 Å². The highest BCUT2D eigenvalue weighted by Gasteiger charge is 2.25. The van der Waals surface area contributed by atoms with Crippen LogP contribution in [0.15, 0.2) is 17.3 Å². The summed E-state index contributed by atoms with van der Waals surface area (Å²) in [6.45, 7) is 3.19. The van der Waals surface area contributed by atoms with Gasteiger partial charge in [0.25, 0.3) is 10.0 Å². The van der Waals surface area contributed by atoms with Gasteiger partial charge in [-0.3, -0.25) is 5.10 Å². The van der Waals surface area contributed by atoms with Crippen LogP contribution in [0.4, 0.5) is 0 Å². The molecule has 0 bridgehead atoms. The molecule has 1 aliphatic rings. The van der Waals surface area contributed by atoms with E-state index in [1.807, 2.05) is 0 Å². The molecule has 108 valence electrons. The monoisotopic (exact) mass is 286 g/mol. The molecule has 0 unspecified atom stereocenters. The quantitative estimate of drug-likeness (QED) is 0.728. The molecule has 19 heavy (non-hydrogen) atoms. The van der Waals surface area contributed by atoms with E-state index < -0.39 is 10.0 Å². The van der Waals surface area contributed by atoms with Gasteiger partial charge in [-0.2, -0.15) is 5.10 Å². The van der Waals surface area contributed by atoms with E-state index >= 15 is 0 Å². The molecule has 0 aliphatic heterocycles. The van der Waals surface area contributed by atoms with E-state index in [2.05, 4.69) is 27.2 Å². The molecule has 1 aliphatic carbocycles. The van der Waals surface area contributed by atoms with Crippen molar-refractivity contribution in [3.8, 4) is 0 Å². The summed E-state index contributed by atoms with van der Waals surface area (Å²) >= 11 is 0. The highest BCUT2D eigenvalue weighted by molar-refractivity contribution is 7.89. The maximum atomic E-state index is 12.0. The van der Waals surface area contributed by atoms with Crippen LogP contribution in [0.3, 0.4) is 0 Å². The maximum absolute atomic E-state index is 12.0. The molecule has 1 heterocycles. The van der Waals surface area contributed by atoms with Crippen molar-refractivity contribution < 1.29 is 8.42 Å². The van der Waals surface area contributed by atoms with Crippen molar-refractivity contribution in [2.24, 2.45) is 0 Å². The Kier molecular flexibility index (Phi) is 4.95. The first-order valence-electron chi connectivity index (χ1n) is 6.87. The summed E-state index contributed by atoms with van der Waals surface area (Å²) in [5.74, 6) is 0. The second kappa shape index (κ2) is 6.49. The van der Waals surface area contributed by atoms with Crippen LogP contribution in [-0.2, 0) is 10.0 Å². The minimum atomic E-state index is -3.44. The third kappa shape index (κ3) is 4.02. The van der Waals surface area contributed by atoms with Gasteiger partial charge in [-0.15, -0.1) is 0 Å². The van der Waals surface area contributed by atoms with Gasteiger partial charge in [-0.05, 0) is 44.7 Å². The van der Waals surface area contributed by atoms with Gasteiger partial charge in [0.15, 0.2) is 5.03 Å².